The van der Waals surface area contributed by atoms with Crippen LogP contribution in [0.1, 0.15) is 62.6 Å². The second-order valence-electron chi connectivity index (χ2n) is 11.2. The minimum absolute atomic E-state index is 0.153. The maximum absolute atomic E-state index is 12.7. The van der Waals surface area contributed by atoms with E-state index in [4.69, 9.17) is 26.8 Å². The van der Waals surface area contributed by atoms with Crippen molar-refractivity contribution in [3.8, 4) is 5.75 Å². The Morgan fingerprint density at radius 3 is 2.54 bits per heavy atom. The zero-order chi connectivity index (χ0) is 29.7. The van der Waals surface area contributed by atoms with Gasteiger partial charge < -0.3 is 20.5 Å². The van der Waals surface area contributed by atoms with E-state index < -0.39 is 23.7 Å². The summed E-state index contributed by atoms with van der Waals surface area (Å²) in [5.74, 6) is -0.0573. The molecule has 2 unspecified atom stereocenters. The molecular weight excluding hydrogens is 542 g/mol. The predicted octanol–water partition coefficient (Wildman–Crippen LogP) is 6.29. The Morgan fingerprint density at radius 1 is 1.07 bits per heavy atom. The molecule has 0 aliphatic carbocycles. The number of rotatable bonds is 11. The fourth-order valence-corrected chi connectivity index (χ4v) is 4.82. The number of amides is 2. The van der Waals surface area contributed by atoms with Gasteiger partial charge in [-0.3, -0.25) is 9.59 Å². The number of fused-ring (bicyclic) bond motifs is 1. The van der Waals surface area contributed by atoms with E-state index in [1.165, 1.54) is 10.2 Å². The Labute approximate surface area is 245 Å². The summed E-state index contributed by atoms with van der Waals surface area (Å²) in [6.45, 7) is 10.4. The number of anilines is 1. The molecule has 216 valence electrons. The summed E-state index contributed by atoms with van der Waals surface area (Å²) >= 11 is 6.64. The lowest BCUT2D eigenvalue weighted by Gasteiger charge is -2.34. The molecule has 1 aromatic heterocycles. The number of aromatic nitrogens is 3. The van der Waals surface area contributed by atoms with Crippen LogP contribution in [0, 0.1) is 19.3 Å². The molecule has 0 aliphatic heterocycles. The maximum atomic E-state index is 12.7. The number of nitrogens with one attached hydrogen (secondary N) is 1. The molecule has 0 spiro atoms. The number of hydrogen-bond donors (Lipinski definition) is 2. The van der Waals surface area contributed by atoms with Crippen LogP contribution in [-0.4, -0.2) is 33.4 Å². The van der Waals surface area contributed by atoms with Crippen LogP contribution in [0.15, 0.2) is 60.7 Å². The quantitative estimate of drug-likeness (QED) is 0.202. The number of primary amides is 1. The summed E-state index contributed by atoms with van der Waals surface area (Å²) in [5.41, 5.74) is 9.88. The number of carbonyl (C=O) groups is 2. The van der Waals surface area contributed by atoms with E-state index >= 15 is 0 Å². The number of ether oxygens (including phenoxy) is 2. The highest BCUT2D eigenvalue weighted by Gasteiger charge is 2.35. The summed E-state index contributed by atoms with van der Waals surface area (Å²) in [6.07, 6.45) is -1.08. The first-order valence-electron chi connectivity index (χ1n) is 13.5. The first-order chi connectivity index (χ1) is 19.4. The second kappa shape index (κ2) is 12.7. The van der Waals surface area contributed by atoms with Crippen LogP contribution in [0.2, 0.25) is 5.02 Å². The lowest BCUT2D eigenvalue weighted by molar-refractivity contribution is -0.151. The van der Waals surface area contributed by atoms with E-state index in [9.17, 15) is 9.59 Å². The van der Waals surface area contributed by atoms with Crippen molar-refractivity contribution in [3.05, 3.63) is 82.4 Å². The van der Waals surface area contributed by atoms with Gasteiger partial charge >= 0.3 is 0 Å². The molecule has 41 heavy (non-hydrogen) atoms. The Bertz CT molecular complexity index is 1550. The van der Waals surface area contributed by atoms with Crippen molar-refractivity contribution in [1.82, 2.24) is 15.0 Å². The SMILES string of the molecule is Cc1ccc(OCCCC(=O)Nc2ccc(Cl)c(C(OC(C(N)=O)n3nnc4ccccc43)C(C)(C)C)c2)c(C)c1. The Balaban J connectivity index is 1.47. The molecule has 9 nitrogen and oxygen atoms in total. The number of carbonyl (C=O) groups excluding carboxylic acids is 2. The average Bonchev–Trinajstić information content (AvgIpc) is 3.32. The lowest BCUT2D eigenvalue weighted by Crippen LogP contribution is -2.34. The molecule has 0 saturated heterocycles. The number of aryl methyl sites for hydroxylation is 2. The van der Waals surface area contributed by atoms with Crippen molar-refractivity contribution in [1.29, 1.82) is 0 Å². The summed E-state index contributed by atoms with van der Waals surface area (Å²) < 4.78 is 13.6. The van der Waals surface area contributed by atoms with Crippen molar-refractivity contribution in [2.24, 2.45) is 11.1 Å². The number of benzene rings is 3. The molecule has 2 atom stereocenters. The van der Waals surface area contributed by atoms with Gasteiger partial charge in [-0.25, -0.2) is 4.68 Å². The van der Waals surface area contributed by atoms with Gasteiger partial charge in [0.1, 0.15) is 11.3 Å². The highest BCUT2D eigenvalue weighted by molar-refractivity contribution is 6.31. The first kappa shape index (κ1) is 30.0. The topological polar surface area (TPSA) is 121 Å². The molecule has 0 aliphatic rings. The molecule has 10 heteroatoms. The fraction of sp³-hybridized carbons (Fsp3) is 0.355. The van der Waals surface area contributed by atoms with Gasteiger partial charge in [-0.15, -0.1) is 5.10 Å². The predicted molar refractivity (Wildman–Crippen MR) is 160 cm³/mol. The van der Waals surface area contributed by atoms with Crippen molar-refractivity contribution >= 4 is 40.1 Å². The van der Waals surface area contributed by atoms with Crippen molar-refractivity contribution in [3.63, 3.8) is 0 Å². The molecule has 0 saturated carbocycles. The number of para-hydroxylation sites is 1. The molecule has 0 radical (unpaired) electrons. The smallest absolute Gasteiger partial charge is 0.269 e. The van der Waals surface area contributed by atoms with Crippen LogP contribution < -0.4 is 15.8 Å². The number of nitrogens with zero attached hydrogens (tertiary/aromatic N) is 3. The van der Waals surface area contributed by atoms with E-state index in [0.717, 1.165) is 11.3 Å². The largest absolute Gasteiger partial charge is 0.493 e. The Hall–Kier alpha value is -3.95. The molecular formula is C31H36ClN5O4. The molecule has 4 rings (SSSR count). The summed E-state index contributed by atoms with van der Waals surface area (Å²) in [7, 11) is 0. The number of nitrogens with two attached hydrogens (primary N) is 1. The Morgan fingerprint density at radius 2 is 1.83 bits per heavy atom. The molecule has 3 N–H and O–H groups in total. The van der Waals surface area contributed by atoms with Gasteiger partial charge in [-0.05, 0) is 67.6 Å². The first-order valence-corrected chi connectivity index (χ1v) is 13.9. The van der Waals surface area contributed by atoms with Gasteiger partial charge in [0.25, 0.3) is 5.91 Å². The Kier molecular flexibility index (Phi) is 9.30. The van der Waals surface area contributed by atoms with Crippen LogP contribution >= 0.6 is 11.6 Å². The molecule has 1 heterocycles. The molecule has 3 aromatic carbocycles. The van der Waals surface area contributed by atoms with Gasteiger partial charge in [0.2, 0.25) is 12.1 Å². The van der Waals surface area contributed by atoms with E-state index in [1.807, 2.05) is 58.9 Å². The summed E-state index contributed by atoms with van der Waals surface area (Å²) in [4.78, 5) is 25.3. The van der Waals surface area contributed by atoms with Crippen LogP contribution in [0.4, 0.5) is 5.69 Å². The van der Waals surface area contributed by atoms with E-state index in [0.29, 0.717) is 40.3 Å². The van der Waals surface area contributed by atoms with Crippen LogP contribution in [0.25, 0.3) is 11.0 Å². The maximum Gasteiger partial charge on any atom is 0.269 e. The highest BCUT2D eigenvalue weighted by Crippen LogP contribution is 2.42. The third-order valence-electron chi connectivity index (χ3n) is 6.59. The molecule has 0 bridgehead atoms. The fourth-order valence-electron chi connectivity index (χ4n) is 4.60. The van der Waals surface area contributed by atoms with Gasteiger partial charge in [0, 0.05) is 22.7 Å². The van der Waals surface area contributed by atoms with Crippen LogP contribution in [0.3, 0.4) is 0 Å². The number of hydrogen-bond acceptors (Lipinski definition) is 6. The normalized spacial score (nSPS) is 13.1. The standard InChI is InChI=1S/C31H36ClN5O4/c1-19-12-15-26(20(2)17-19)40-16-8-11-27(38)34-21-13-14-23(32)22(18-21)28(31(3,4)5)41-30(29(33)39)37-25-10-7-6-9-24(25)35-36-37/h6-7,9-10,12-15,17-18,28,30H,8,11,16H2,1-5H3,(H2,33,39)(H,34,38). The minimum Gasteiger partial charge on any atom is -0.493 e. The monoisotopic (exact) mass is 577 g/mol. The van der Waals surface area contributed by atoms with Gasteiger partial charge in [-0.1, -0.05) is 67.4 Å². The van der Waals surface area contributed by atoms with E-state index in [1.54, 1.807) is 30.3 Å². The second-order valence-corrected chi connectivity index (χ2v) is 11.6. The zero-order valence-corrected chi connectivity index (χ0v) is 24.7. The number of halogens is 1. The molecule has 0 fully saturated rings. The van der Waals surface area contributed by atoms with Crippen molar-refractivity contribution < 1.29 is 19.1 Å². The summed E-state index contributed by atoms with van der Waals surface area (Å²) in [5, 5.41) is 11.6. The van der Waals surface area contributed by atoms with Gasteiger partial charge in [0.15, 0.2) is 0 Å². The highest BCUT2D eigenvalue weighted by atomic mass is 35.5. The van der Waals surface area contributed by atoms with Crippen LogP contribution in [0.5, 0.6) is 5.75 Å². The minimum atomic E-state index is -1.24. The zero-order valence-electron chi connectivity index (χ0n) is 24.0. The third kappa shape index (κ3) is 7.42. The average molecular weight is 578 g/mol. The lowest BCUT2D eigenvalue weighted by atomic mass is 9.84. The third-order valence-corrected chi connectivity index (χ3v) is 6.94. The van der Waals surface area contributed by atoms with Crippen molar-refractivity contribution in [2.75, 3.05) is 11.9 Å². The van der Waals surface area contributed by atoms with Gasteiger partial charge in [0.05, 0.1) is 18.2 Å². The van der Waals surface area contributed by atoms with Crippen molar-refractivity contribution in [2.45, 2.75) is 59.8 Å². The van der Waals surface area contributed by atoms with E-state index in [2.05, 4.69) is 21.7 Å². The summed E-state index contributed by atoms with van der Waals surface area (Å²) in [6, 6.07) is 18.4. The van der Waals surface area contributed by atoms with E-state index in [-0.39, 0.29) is 12.3 Å². The molecule has 2 amide bonds. The van der Waals surface area contributed by atoms with Crippen LogP contribution in [-0.2, 0) is 14.3 Å². The molecule has 4 aromatic rings. The van der Waals surface area contributed by atoms with Gasteiger partial charge in [-0.2, -0.15) is 0 Å².